The predicted molar refractivity (Wildman–Crippen MR) is 149 cm³/mol. The fraction of sp³-hybridized carbons (Fsp3) is 0.179. The number of halogens is 1. The fourth-order valence-electron chi connectivity index (χ4n) is 4.57. The summed E-state index contributed by atoms with van der Waals surface area (Å²) in [5.74, 6) is 1.76. The van der Waals surface area contributed by atoms with Gasteiger partial charge in [0, 0.05) is 29.4 Å². The quantitative estimate of drug-likeness (QED) is 0.276. The third-order valence-electron chi connectivity index (χ3n) is 6.25. The number of hydrogen-bond donors (Lipinski definition) is 2. The van der Waals surface area contributed by atoms with E-state index in [4.69, 9.17) is 33.0 Å². The molecule has 0 radical (unpaired) electrons. The molecule has 0 spiro atoms. The number of rotatable bonds is 6. The van der Waals surface area contributed by atoms with Gasteiger partial charge in [-0.1, -0.05) is 23.7 Å². The summed E-state index contributed by atoms with van der Waals surface area (Å²) in [6.45, 7) is 3.47. The van der Waals surface area contributed by atoms with Gasteiger partial charge in [-0.05, 0) is 79.3 Å². The van der Waals surface area contributed by atoms with Crippen molar-refractivity contribution in [3.63, 3.8) is 0 Å². The maximum Gasteiger partial charge on any atom is 0.221 e. The second-order valence-electron chi connectivity index (χ2n) is 8.72. The number of furan rings is 1. The molecule has 1 aliphatic heterocycles. The largest absolute Gasteiger partial charge is 0.495 e. The van der Waals surface area contributed by atoms with Gasteiger partial charge in [-0.15, -0.1) is 0 Å². The van der Waals surface area contributed by atoms with Gasteiger partial charge in [0.2, 0.25) is 5.91 Å². The van der Waals surface area contributed by atoms with Gasteiger partial charge in [-0.25, -0.2) is 0 Å². The molecule has 1 amide bonds. The minimum absolute atomic E-state index is 0.201. The van der Waals surface area contributed by atoms with Crippen molar-refractivity contribution in [1.29, 1.82) is 0 Å². The molecule has 2 aromatic heterocycles. The molecule has 1 fully saturated rings. The molecule has 37 heavy (non-hydrogen) atoms. The Bertz CT molecular complexity index is 1470. The number of carbonyl (C=O) groups excluding carboxylic acids is 1. The van der Waals surface area contributed by atoms with Gasteiger partial charge < -0.3 is 24.7 Å². The number of amides is 1. The standard InChI is InChI=1S/C28H25ClN4O3S/c1-16-7-8-18(29)14-20(16)23-11-12-25(36-23)27-26(21-6-4-5-13-30-21)32-28(37)33(27)19-9-10-24(35-3)22(15-19)31-17(2)34/h4-15,26-27H,1-3H3,(H,31,34)(H,32,37)/t26-,27-/m0/s1. The number of aromatic nitrogens is 1. The molecule has 2 atom stereocenters. The smallest absolute Gasteiger partial charge is 0.221 e. The Labute approximate surface area is 225 Å². The molecule has 1 saturated heterocycles. The van der Waals surface area contributed by atoms with E-state index in [2.05, 4.69) is 15.6 Å². The fourth-order valence-corrected chi connectivity index (χ4v) is 5.09. The number of hydrogen-bond acceptors (Lipinski definition) is 5. The first-order chi connectivity index (χ1) is 17.9. The second kappa shape index (κ2) is 10.2. The van der Waals surface area contributed by atoms with Crippen LogP contribution in [-0.2, 0) is 4.79 Å². The van der Waals surface area contributed by atoms with E-state index >= 15 is 0 Å². The number of carbonyl (C=O) groups is 1. The van der Waals surface area contributed by atoms with Gasteiger partial charge in [0.25, 0.3) is 0 Å². The van der Waals surface area contributed by atoms with E-state index < -0.39 is 0 Å². The number of benzene rings is 2. The molecule has 4 aromatic rings. The van der Waals surface area contributed by atoms with E-state index in [1.165, 1.54) is 6.92 Å². The highest BCUT2D eigenvalue weighted by Crippen LogP contribution is 2.44. The Morgan fingerprint density at radius 2 is 2.00 bits per heavy atom. The summed E-state index contributed by atoms with van der Waals surface area (Å²) in [6, 6.07) is 20.3. The van der Waals surface area contributed by atoms with Crippen LogP contribution in [0.15, 0.2) is 77.3 Å². The SMILES string of the molecule is COc1ccc(N2C(=S)N[C@@H](c3ccccn3)[C@@H]2c2ccc(-c3cc(Cl)ccc3C)o2)cc1NC(C)=O. The first-order valence-electron chi connectivity index (χ1n) is 11.7. The molecule has 2 N–H and O–H groups in total. The van der Waals surface area contributed by atoms with Crippen LogP contribution in [0.5, 0.6) is 5.75 Å². The van der Waals surface area contributed by atoms with Gasteiger partial charge in [0.05, 0.1) is 24.5 Å². The summed E-state index contributed by atoms with van der Waals surface area (Å²) in [6.07, 6.45) is 1.75. The van der Waals surface area contributed by atoms with Crippen LogP contribution in [0.4, 0.5) is 11.4 Å². The number of thiocarbonyl (C=S) groups is 1. The van der Waals surface area contributed by atoms with Crippen molar-refractivity contribution in [1.82, 2.24) is 10.3 Å². The van der Waals surface area contributed by atoms with Crippen molar-refractivity contribution in [3.8, 4) is 17.1 Å². The third-order valence-corrected chi connectivity index (χ3v) is 6.80. The van der Waals surface area contributed by atoms with Crippen molar-refractivity contribution in [2.75, 3.05) is 17.3 Å². The Morgan fingerprint density at radius 1 is 1.16 bits per heavy atom. The van der Waals surface area contributed by atoms with E-state index in [-0.39, 0.29) is 18.0 Å². The average molecular weight is 533 g/mol. The van der Waals surface area contributed by atoms with Crippen LogP contribution in [0.2, 0.25) is 5.02 Å². The monoisotopic (exact) mass is 532 g/mol. The number of nitrogens with zero attached hydrogens (tertiary/aromatic N) is 2. The van der Waals surface area contributed by atoms with Gasteiger partial charge in [0.15, 0.2) is 5.11 Å². The van der Waals surface area contributed by atoms with Crippen LogP contribution in [-0.4, -0.2) is 23.1 Å². The van der Waals surface area contributed by atoms with E-state index in [0.717, 1.165) is 22.5 Å². The number of pyridine rings is 1. The first kappa shape index (κ1) is 24.8. The molecule has 5 rings (SSSR count). The van der Waals surface area contributed by atoms with Crippen LogP contribution in [0, 0.1) is 6.92 Å². The van der Waals surface area contributed by atoms with Gasteiger partial charge in [-0.2, -0.15) is 0 Å². The van der Waals surface area contributed by atoms with Crippen molar-refractivity contribution < 1.29 is 13.9 Å². The molecule has 0 aliphatic carbocycles. The first-order valence-corrected chi connectivity index (χ1v) is 12.5. The molecule has 7 nitrogen and oxygen atoms in total. The zero-order chi connectivity index (χ0) is 26.1. The molecule has 188 valence electrons. The molecular formula is C28H25ClN4O3S. The second-order valence-corrected chi connectivity index (χ2v) is 9.55. The van der Waals surface area contributed by atoms with Crippen LogP contribution in [0.3, 0.4) is 0 Å². The summed E-state index contributed by atoms with van der Waals surface area (Å²) in [7, 11) is 1.56. The zero-order valence-corrected chi connectivity index (χ0v) is 22.1. The lowest BCUT2D eigenvalue weighted by Gasteiger charge is -2.27. The molecule has 0 saturated carbocycles. The van der Waals surface area contributed by atoms with Crippen molar-refractivity contribution in [2.24, 2.45) is 0 Å². The lowest BCUT2D eigenvalue weighted by molar-refractivity contribution is -0.114. The van der Waals surface area contributed by atoms with E-state index in [9.17, 15) is 4.79 Å². The zero-order valence-electron chi connectivity index (χ0n) is 20.5. The Balaban J connectivity index is 1.62. The summed E-state index contributed by atoms with van der Waals surface area (Å²) in [4.78, 5) is 18.4. The molecule has 2 aromatic carbocycles. The van der Waals surface area contributed by atoms with Gasteiger partial charge in [-0.3, -0.25) is 9.78 Å². The van der Waals surface area contributed by atoms with Crippen molar-refractivity contribution >= 4 is 46.2 Å². The molecular weight excluding hydrogens is 508 g/mol. The number of ether oxygens (including phenoxy) is 1. The summed E-state index contributed by atoms with van der Waals surface area (Å²) in [5.41, 5.74) is 4.11. The lowest BCUT2D eigenvalue weighted by atomic mass is 10.0. The average Bonchev–Trinajstić information content (AvgIpc) is 3.50. The van der Waals surface area contributed by atoms with E-state index in [1.807, 2.05) is 72.5 Å². The molecule has 0 unspecified atom stereocenters. The lowest BCUT2D eigenvalue weighted by Crippen LogP contribution is -2.29. The summed E-state index contributed by atoms with van der Waals surface area (Å²) >= 11 is 12.1. The minimum Gasteiger partial charge on any atom is -0.495 e. The topological polar surface area (TPSA) is 79.6 Å². The maximum absolute atomic E-state index is 11.8. The molecule has 0 bridgehead atoms. The van der Waals surface area contributed by atoms with Crippen molar-refractivity contribution in [3.05, 3.63) is 95.0 Å². The minimum atomic E-state index is -0.353. The van der Waals surface area contributed by atoms with Gasteiger partial charge >= 0.3 is 0 Å². The maximum atomic E-state index is 11.8. The van der Waals surface area contributed by atoms with Crippen LogP contribution in [0.1, 0.15) is 36.0 Å². The summed E-state index contributed by atoms with van der Waals surface area (Å²) in [5, 5.41) is 7.40. The number of methoxy groups -OCH3 is 1. The number of nitrogens with one attached hydrogen (secondary N) is 2. The van der Waals surface area contributed by atoms with E-state index in [0.29, 0.717) is 33.1 Å². The molecule has 1 aliphatic rings. The highest BCUT2D eigenvalue weighted by molar-refractivity contribution is 7.80. The highest BCUT2D eigenvalue weighted by atomic mass is 35.5. The molecule has 9 heteroatoms. The Kier molecular flexibility index (Phi) is 6.86. The summed E-state index contributed by atoms with van der Waals surface area (Å²) < 4.78 is 11.9. The Hall–Kier alpha value is -3.88. The van der Waals surface area contributed by atoms with Crippen LogP contribution >= 0.6 is 23.8 Å². The Morgan fingerprint density at radius 3 is 2.73 bits per heavy atom. The number of anilines is 2. The number of aryl methyl sites for hydroxylation is 1. The third kappa shape index (κ3) is 4.90. The predicted octanol–water partition coefficient (Wildman–Crippen LogP) is 6.45. The normalized spacial score (nSPS) is 17.0. The highest BCUT2D eigenvalue weighted by Gasteiger charge is 2.42. The van der Waals surface area contributed by atoms with Crippen LogP contribution in [0.25, 0.3) is 11.3 Å². The van der Waals surface area contributed by atoms with E-state index in [1.54, 1.807) is 19.4 Å². The van der Waals surface area contributed by atoms with Crippen molar-refractivity contribution in [2.45, 2.75) is 25.9 Å². The van der Waals surface area contributed by atoms with Gasteiger partial charge in [0.1, 0.15) is 23.3 Å². The van der Waals surface area contributed by atoms with Crippen LogP contribution < -0.4 is 20.3 Å². The molecule has 3 heterocycles.